The smallest absolute Gasteiger partial charge is 0.142 e. The number of hydrogen-bond donors (Lipinski definition) is 0. The van der Waals surface area contributed by atoms with Gasteiger partial charge in [-0.3, -0.25) is 0 Å². The second-order valence-corrected chi connectivity index (χ2v) is 4.74. The van der Waals surface area contributed by atoms with E-state index in [0.29, 0.717) is 16.1 Å². The van der Waals surface area contributed by atoms with Crippen LogP contribution in [0.2, 0.25) is 10.0 Å². The first-order valence-electron chi connectivity index (χ1n) is 5.93. The molecule has 2 rings (SSSR count). The van der Waals surface area contributed by atoms with Crippen LogP contribution >= 0.6 is 23.2 Å². The molecule has 2 aromatic carbocycles. The molecule has 0 heterocycles. The SMILES string of the molecule is N#CCc1cccc(Cl)c1C#N.N#Cc1c(F)cccc1Cl. The molecule has 0 saturated carbocycles. The summed E-state index contributed by atoms with van der Waals surface area (Å²) in [6.45, 7) is 0. The monoisotopic (exact) mass is 331 g/mol. The zero-order valence-corrected chi connectivity index (χ0v) is 12.7. The van der Waals surface area contributed by atoms with Gasteiger partial charge >= 0.3 is 0 Å². The minimum Gasteiger partial charge on any atom is -0.205 e. The van der Waals surface area contributed by atoms with Gasteiger partial charge in [0.05, 0.1) is 28.1 Å². The number of halogens is 3. The van der Waals surface area contributed by atoms with Gasteiger partial charge in [0.15, 0.2) is 0 Å². The van der Waals surface area contributed by atoms with Crippen molar-refractivity contribution >= 4 is 23.2 Å². The van der Waals surface area contributed by atoms with Crippen LogP contribution in [0.4, 0.5) is 4.39 Å². The highest BCUT2D eigenvalue weighted by molar-refractivity contribution is 6.32. The summed E-state index contributed by atoms with van der Waals surface area (Å²) >= 11 is 11.2. The normalized spacial score (nSPS) is 8.73. The van der Waals surface area contributed by atoms with Crippen molar-refractivity contribution in [2.45, 2.75) is 6.42 Å². The van der Waals surface area contributed by atoms with Crippen molar-refractivity contribution in [1.29, 1.82) is 15.8 Å². The Kier molecular flexibility index (Phi) is 6.87. The Bertz CT molecular complexity index is 778. The molecule has 108 valence electrons. The number of nitrogens with zero attached hydrogens (tertiary/aromatic N) is 3. The molecule has 0 saturated heterocycles. The lowest BCUT2D eigenvalue weighted by Gasteiger charge is -1.98. The standard InChI is InChI=1S/C9H5ClN2.C7H3ClFN/c10-9-3-1-2-7(4-5-11)8(9)6-12;8-6-2-1-3-7(9)5(6)4-10/h1-3H,4H2;1-3H. The maximum absolute atomic E-state index is 12.5. The Morgan fingerprint density at radius 3 is 1.86 bits per heavy atom. The average Bonchev–Trinajstić information content (AvgIpc) is 2.49. The Morgan fingerprint density at radius 1 is 0.864 bits per heavy atom. The number of rotatable bonds is 1. The summed E-state index contributed by atoms with van der Waals surface area (Å²) in [5.74, 6) is -0.574. The van der Waals surface area contributed by atoms with Gasteiger partial charge < -0.3 is 0 Å². The van der Waals surface area contributed by atoms with Crippen LogP contribution in [0.15, 0.2) is 36.4 Å². The molecular formula is C16H8Cl2FN3. The van der Waals surface area contributed by atoms with Crippen molar-refractivity contribution < 1.29 is 4.39 Å². The number of nitriles is 3. The largest absolute Gasteiger partial charge is 0.205 e. The first kappa shape index (κ1) is 17.5. The van der Waals surface area contributed by atoms with Crippen molar-refractivity contribution in [3.05, 3.63) is 69.0 Å². The van der Waals surface area contributed by atoms with E-state index in [-0.39, 0.29) is 17.0 Å². The molecule has 2 aromatic rings. The molecule has 0 unspecified atom stereocenters. The molecule has 0 aliphatic heterocycles. The third kappa shape index (κ3) is 4.47. The van der Waals surface area contributed by atoms with Crippen molar-refractivity contribution in [3.8, 4) is 18.2 Å². The van der Waals surface area contributed by atoms with E-state index in [9.17, 15) is 4.39 Å². The summed E-state index contributed by atoms with van der Waals surface area (Å²) in [5, 5.41) is 26.0. The highest BCUT2D eigenvalue weighted by Gasteiger charge is 2.04. The first-order chi connectivity index (χ1) is 10.5. The van der Waals surface area contributed by atoms with Gasteiger partial charge in [-0.25, -0.2) is 4.39 Å². The highest BCUT2D eigenvalue weighted by Crippen LogP contribution is 2.19. The van der Waals surface area contributed by atoms with Gasteiger partial charge in [0.2, 0.25) is 0 Å². The summed E-state index contributed by atoms with van der Waals surface area (Å²) < 4.78 is 12.5. The summed E-state index contributed by atoms with van der Waals surface area (Å²) in [6, 6.07) is 14.8. The van der Waals surface area contributed by atoms with Crippen molar-refractivity contribution in [2.75, 3.05) is 0 Å². The quantitative estimate of drug-likeness (QED) is 0.764. The van der Waals surface area contributed by atoms with E-state index in [1.165, 1.54) is 18.2 Å². The average molecular weight is 332 g/mol. The Labute approximate surface area is 137 Å². The van der Waals surface area contributed by atoms with Crippen LogP contribution in [-0.2, 0) is 6.42 Å². The van der Waals surface area contributed by atoms with E-state index in [2.05, 4.69) is 0 Å². The molecular weight excluding hydrogens is 324 g/mol. The molecule has 0 N–H and O–H groups in total. The second-order valence-electron chi connectivity index (χ2n) is 3.93. The number of hydrogen-bond acceptors (Lipinski definition) is 3. The van der Waals surface area contributed by atoms with Crippen LogP contribution in [0.1, 0.15) is 16.7 Å². The van der Waals surface area contributed by atoms with Crippen molar-refractivity contribution in [1.82, 2.24) is 0 Å². The van der Waals surface area contributed by atoms with Crippen LogP contribution in [0.25, 0.3) is 0 Å². The van der Waals surface area contributed by atoms with Crippen molar-refractivity contribution in [2.24, 2.45) is 0 Å². The Morgan fingerprint density at radius 2 is 1.41 bits per heavy atom. The van der Waals surface area contributed by atoms with Crippen LogP contribution in [0.3, 0.4) is 0 Å². The summed E-state index contributed by atoms with van der Waals surface area (Å²) in [4.78, 5) is 0. The summed E-state index contributed by atoms with van der Waals surface area (Å²) in [6.07, 6.45) is 0.226. The molecule has 0 bridgehead atoms. The van der Waals surface area contributed by atoms with Crippen LogP contribution in [0, 0.1) is 39.8 Å². The van der Waals surface area contributed by atoms with Gasteiger partial charge in [0.1, 0.15) is 23.5 Å². The van der Waals surface area contributed by atoms with E-state index in [0.717, 1.165) is 0 Å². The van der Waals surface area contributed by atoms with E-state index in [1.807, 2.05) is 12.1 Å². The van der Waals surface area contributed by atoms with Gasteiger partial charge in [-0.15, -0.1) is 0 Å². The lowest BCUT2D eigenvalue weighted by atomic mass is 10.1. The fourth-order valence-corrected chi connectivity index (χ4v) is 1.97. The van der Waals surface area contributed by atoms with Gasteiger partial charge in [0.25, 0.3) is 0 Å². The lowest BCUT2D eigenvalue weighted by Crippen LogP contribution is -1.88. The fraction of sp³-hybridized carbons (Fsp3) is 0.0625. The predicted octanol–water partition coefficient (Wildman–Crippen LogP) is 4.63. The minimum atomic E-state index is -0.574. The van der Waals surface area contributed by atoms with E-state index < -0.39 is 5.82 Å². The second kappa shape index (κ2) is 8.65. The minimum absolute atomic E-state index is 0.0934. The van der Waals surface area contributed by atoms with E-state index >= 15 is 0 Å². The lowest BCUT2D eigenvalue weighted by molar-refractivity contribution is 0.624. The molecule has 0 radical (unpaired) electrons. The van der Waals surface area contributed by atoms with E-state index in [4.69, 9.17) is 39.0 Å². The molecule has 0 aliphatic rings. The van der Waals surface area contributed by atoms with Crippen LogP contribution in [-0.4, -0.2) is 0 Å². The third-order valence-electron chi connectivity index (χ3n) is 2.56. The van der Waals surface area contributed by atoms with Gasteiger partial charge in [-0.05, 0) is 23.8 Å². The molecule has 22 heavy (non-hydrogen) atoms. The van der Waals surface area contributed by atoms with Crippen LogP contribution in [0.5, 0.6) is 0 Å². The Hall–Kier alpha value is -2.58. The fourth-order valence-electron chi connectivity index (χ4n) is 1.53. The molecule has 0 spiro atoms. The number of benzene rings is 2. The van der Waals surface area contributed by atoms with Gasteiger partial charge in [-0.2, -0.15) is 15.8 Å². The van der Waals surface area contributed by atoms with Gasteiger partial charge in [-0.1, -0.05) is 41.4 Å². The molecule has 0 atom stereocenters. The topological polar surface area (TPSA) is 71.4 Å². The van der Waals surface area contributed by atoms with Crippen LogP contribution < -0.4 is 0 Å². The zero-order chi connectivity index (χ0) is 16.5. The molecule has 0 fully saturated rings. The molecule has 0 aromatic heterocycles. The molecule has 0 aliphatic carbocycles. The maximum atomic E-state index is 12.5. The van der Waals surface area contributed by atoms with E-state index in [1.54, 1.807) is 24.3 Å². The predicted molar refractivity (Wildman–Crippen MR) is 81.6 cm³/mol. The summed E-state index contributed by atoms with van der Waals surface area (Å²) in [5.41, 5.74) is 0.998. The molecule has 3 nitrogen and oxygen atoms in total. The zero-order valence-electron chi connectivity index (χ0n) is 11.1. The Balaban J connectivity index is 0.000000224. The summed E-state index contributed by atoms with van der Waals surface area (Å²) in [7, 11) is 0. The molecule has 0 amide bonds. The maximum Gasteiger partial charge on any atom is 0.142 e. The third-order valence-corrected chi connectivity index (χ3v) is 3.19. The first-order valence-corrected chi connectivity index (χ1v) is 6.69. The molecule has 6 heteroatoms. The highest BCUT2D eigenvalue weighted by atomic mass is 35.5. The van der Waals surface area contributed by atoms with Gasteiger partial charge in [0, 0.05) is 0 Å². The van der Waals surface area contributed by atoms with Crippen molar-refractivity contribution in [3.63, 3.8) is 0 Å².